The van der Waals surface area contributed by atoms with Crippen LogP contribution in [0.15, 0.2) is 24.3 Å². The fourth-order valence-electron chi connectivity index (χ4n) is 1.44. The predicted octanol–water partition coefficient (Wildman–Crippen LogP) is 3.10. The zero-order valence-corrected chi connectivity index (χ0v) is 9.87. The minimum absolute atomic E-state index is 0.0793. The average Bonchev–Trinajstić information content (AvgIpc) is 2.28. The maximum absolute atomic E-state index is 13.4. The Morgan fingerprint density at radius 1 is 1.53 bits per heavy atom. The van der Waals surface area contributed by atoms with Crippen LogP contribution in [-0.4, -0.2) is 18.2 Å². The van der Waals surface area contributed by atoms with Crippen molar-refractivity contribution in [1.82, 2.24) is 0 Å². The molecule has 92 valence electrons. The molecule has 0 unspecified atom stereocenters. The van der Waals surface area contributed by atoms with Crippen LogP contribution in [0.2, 0.25) is 0 Å². The summed E-state index contributed by atoms with van der Waals surface area (Å²) in [6, 6.07) is 4.68. The van der Waals surface area contributed by atoms with Crippen LogP contribution in [0.1, 0.15) is 25.3 Å². The molecule has 0 amide bonds. The summed E-state index contributed by atoms with van der Waals surface area (Å²) in [6.07, 6.45) is 2.31. The molecule has 1 rings (SSSR count). The first-order valence-electron chi connectivity index (χ1n) is 5.27. The van der Waals surface area contributed by atoms with Gasteiger partial charge in [-0.1, -0.05) is 12.1 Å². The molecule has 0 atom stereocenters. The van der Waals surface area contributed by atoms with Crippen LogP contribution < -0.4 is 4.74 Å². The van der Waals surface area contributed by atoms with Crippen molar-refractivity contribution in [3.63, 3.8) is 0 Å². The lowest BCUT2D eigenvalue weighted by Crippen LogP contribution is -1.93. The zero-order chi connectivity index (χ0) is 12.8. The van der Waals surface area contributed by atoms with E-state index in [1.165, 1.54) is 13.2 Å². The van der Waals surface area contributed by atoms with Crippen LogP contribution in [0.4, 0.5) is 4.39 Å². The van der Waals surface area contributed by atoms with E-state index in [9.17, 15) is 9.18 Å². The van der Waals surface area contributed by atoms with E-state index in [1.54, 1.807) is 18.2 Å². The number of methoxy groups -OCH3 is 1. The highest BCUT2D eigenvalue weighted by molar-refractivity contribution is 5.68. The van der Waals surface area contributed by atoms with Gasteiger partial charge >= 0.3 is 5.97 Å². The van der Waals surface area contributed by atoms with E-state index < -0.39 is 11.8 Å². The molecule has 4 heteroatoms. The first-order valence-corrected chi connectivity index (χ1v) is 5.27. The molecule has 3 nitrogen and oxygen atoms in total. The first kappa shape index (κ1) is 13.2. The second-order valence-corrected chi connectivity index (χ2v) is 3.67. The van der Waals surface area contributed by atoms with Crippen molar-refractivity contribution in [2.75, 3.05) is 7.11 Å². The van der Waals surface area contributed by atoms with Crippen LogP contribution in [-0.2, 0) is 4.79 Å². The van der Waals surface area contributed by atoms with Crippen molar-refractivity contribution in [2.45, 2.75) is 19.8 Å². The largest absolute Gasteiger partial charge is 0.494 e. The van der Waals surface area contributed by atoms with E-state index >= 15 is 0 Å². The minimum Gasteiger partial charge on any atom is -0.494 e. The average molecular weight is 238 g/mol. The van der Waals surface area contributed by atoms with E-state index in [0.717, 1.165) is 11.1 Å². The highest BCUT2D eigenvalue weighted by atomic mass is 19.1. The molecule has 0 saturated carbocycles. The summed E-state index contributed by atoms with van der Waals surface area (Å²) in [5, 5.41) is 8.50. The smallest absolute Gasteiger partial charge is 0.303 e. The number of carbonyl (C=O) groups is 1. The van der Waals surface area contributed by atoms with Crippen molar-refractivity contribution in [1.29, 1.82) is 0 Å². The molecule has 0 bridgehead atoms. The molecule has 1 aromatic rings. The van der Waals surface area contributed by atoms with E-state index in [-0.39, 0.29) is 12.2 Å². The Kier molecular flexibility index (Phi) is 4.69. The van der Waals surface area contributed by atoms with E-state index in [2.05, 4.69) is 0 Å². The maximum Gasteiger partial charge on any atom is 0.303 e. The van der Waals surface area contributed by atoms with Gasteiger partial charge in [0.15, 0.2) is 11.6 Å². The number of hydrogen-bond acceptors (Lipinski definition) is 2. The summed E-state index contributed by atoms with van der Waals surface area (Å²) in [5.74, 6) is -1.06. The number of aliphatic carboxylic acids is 1. The molecule has 0 aliphatic heterocycles. The fourth-order valence-corrected chi connectivity index (χ4v) is 1.44. The summed E-state index contributed by atoms with van der Waals surface area (Å²) in [6.45, 7) is 1.82. The summed E-state index contributed by atoms with van der Waals surface area (Å²) >= 11 is 0. The molecule has 1 aromatic carbocycles. The highest BCUT2D eigenvalue weighted by Crippen LogP contribution is 2.22. The highest BCUT2D eigenvalue weighted by Gasteiger charge is 2.04. The summed E-state index contributed by atoms with van der Waals surface area (Å²) < 4.78 is 18.2. The van der Waals surface area contributed by atoms with Gasteiger partial charge in [0, 0.05) is 6.42 Å². The summed E-state index contributed by atoms with van der Waals surface area (Å²) in [7, 11) is 1.41. The molecule has 0 heterocycles. The van der Waals surface area contributed by atoms with Gasteiger partial charge in [-0.25, -0.2) is 4.39 Å². The third-order valence-electron chi connectivity index (χ3n) is 2.42. The Morgan fingerprint density at radius 3 is 2.76 bits per heavy atom. The Balaban J connectivity index is 2.78. The van der Waals surface area contributed by atoms with Crippen LogP contribution in [0, 0.1) is 5.82 Å². The molecular formula is C13H15FO3. The third kappa shape index (κ3) is 3.90. The summed E-state index contributed by atoms with van der Waals surface area (Å²) in [4.78, 5) is 10.3. The maximum atomic E-state index is 13.4. The molecule has 1 N–H and O–H groups in total. The van der Waals surface area contributed by atoms with Gasteiger partial charge in [-0.3, -0.25) is 4.79 Å². The van der Waals surface area contributed by atoms with Gasteiger partial charge in [-0.15, -0.1) is 0 Å². The van der Waals surface area contributed by atoms with Gasteiger partial charge in [-0.2, -0.15) is 0 Å². The van der Waals surface area contributed by atoms with Gasteiger partial charge < -0.3 is 9.84 Å². The summed E-state index contributed by atoms with van der Waals surface area (Å²) in [5.41, 5.74) is 1.58. The van der Waals surface area contributed by atoms with Gasteiger partial charge in [-0.05, 0) is 36.6 Å². The van der Waals surface area contributed by atoms with Crippen LogP contribution >= 0.6 is 0 Å². The number of ether oxygens (including phenoxy) is 1. The second-order valence-electron chi connectivity index (χ2n) is 3.67. The molecule has 0 fully saturated rings. The number of hydrogen-bond donors (Lipinski definition) is 1. The van der Waals surface area contributed by atoms with Crippen molar-refractivity contribution in [2.24, 2.45) is 0 Å². The fraction of sp³-hybridized carbons (Fsp3) is 0.308. The molecule has 0 aliphatic carbocycles. The Labute approximate surface area is 99.5 Å². The van der Waals surface area contributed by atoms with E-state index in [4.69, 9.17) is 9.84 Å². The molecule has 0 saturated heterocycles. The molecule has 17 heavy (non-hydrogen) atoms. The van der Waals surface area contributed by atoms with Gasteiger partial charge in [0.2, 0.25) is 0 Å². The van der Waals surface area contributed by atoms with Gasteiger partial charge in [0.1, 0.15) is 0 Å². The van der Waals surface area contributed by atoms with E-state index in [0.29, 0.717) is 6.42 Å². The van der Waals surface area contributed by atoms with Crippen molar-refractivity contribution < 1.29 is 19.0 Å². The van der Waals surface area contributed by atoms with Crippen molar-refractivity contribution >= 4 is 11.5 Å². The van der Waals surface area contributed by atoms with Crippen LogP contribution in [0.3, 0.4) is 0 Å². The number of allylic oxidation sites excluding steroid dienone is 2. The number of rotatable bonds is 5. The Morgan fingerprint density at radius 2 is 2.24 bits per heavy atom. The zero-order valence-electron chi connectivity index (χ0n) is 9.87. The SMILES string of the molecule is COc1ccc(/C(C)=C/CCC(=O)O)cc1F. The molecule has 0 aliphatic rings. The van der Waals surface area contributed by atoms with Gasteiger partial charge in [0.25, 0.3) is 0 Å². The van der Waals surface area contributed by atoms with Gasteiger partial charge in [0.05, 0.1) is 7.11 Å². The molecule has 0 spiro atoms. The lowest BCUT2D eigenvalue weighted by Gasteiger charge is -2.05. The molecular weight excluding hydrogens is 223 g/mol. The second kappa shape index (κ2) is 6.03. The Hall–Kier alpha value is -1.84. The number of benzene rings is 1. The van der Waals surface area contributed by atoms with Crippen LogP contribution in [0.25, 0.3) is 5.57 Å². The lowest BCUT2D eigenvalue weighted by molar-refractivity contribution is -0.136. The van der Waals surface area contributed by atoms with E-state index in [1.807, 2.05) is 6.92 Å². The van der Waals surface area contributed by atoms with Crippen LogP contribution in [0.5, 0.6) is 5.75 Å². The molecule has 0 radical (unpaired) electrons. The third-order valence-corrected chi connectivity index (χ3v) is 2.42. The quantitative estimate of drug-likeness (QED) is 0.857. The number of carboxylic acids is 1. The lowest BCUT2D eigenvalue weighted by atomic mass is 10.1. The molecule has 0 aromatic heterocycles. The Bertz CT molecular complexity index is 438. The first-order chi connectivity index (χ1) is 8.04. The monoisotopic (exact) mass is 238 g/mol. The number of halogens is 1. The normalized spacial score (nSPS) is 11.4. The topological polar surface area (TPSA) is 46.5 Å². The minimum atomic E-state index is -0.838. The van der Waals surface area contributed by atoms with Crippen molar-refractivity contribution in [3.05, 3.63) is 35.7 Å². The predicted molar refractivity (Wildman–Crippen MR) is 63.5 cm³/mol. The standard InChI is InChI=1S/C13H15FO3/c1-9(4-3-5-13(15)16)10-6-7-12(17-2)11(14)8-10/h4,6-8H,3,5H2,1-2H3,(H,15,16)/b9-4+. The van der Waals surface area contributed by atoms with Crippen molar-refractivity contribution in [3.8, 4) is 5.75 Å². The number of carboxylic acid groups (broad SMARTS) is 1.